The van der Waals surface area contributed by atoms with Crippen LogP contribution in [-0.4, -0.2) is 28.0 Å². The third-order valence-corrected chi connectivity index (χ3v) is 5.84. The minimum absolute atomic E-state index is 0.0709. The Labute approximate surface area is 145 Å². The zero-order valence-corrected chi connectivity index (χ0v) is 14.8. The first-order chi connectivity index (χ1) is 11.3. The minimum atomic E-state index is -3.95. The molecule has 0 spiro atoms. The van der Waals surface area contributed by atoms with Crippen LogP contribution in [0.3, 0.4) is 0 Å². The summed E-state index contributed by atoms with van der Waals surface area (Å²) in [6.45, 7) is 1.87. The minimum Gasteiger partial charge on any atom is -0.495 e. The van der Waals surface area contributed by atoms with Crippen molar-refractivity contribution in [3.05, 3.63) is 53.1 Å². The lowest BCUT2D eigenvalue weighted by Gasteiger charge is -2.24. The number of amides is 1. The van der Waals surface area contributed by atoms with Crippen LogP contribution < -0.4 is 14.8 Å². The first-order valence-corrected chi connectivity index (χ1v) is 8.89. The zero-order valence-electron chi connectivity index (χ0n) is 13.2. The molecule has 2 rings (SSSR count). The van der Waals surface area contributed by atoms with E-state index in [1.54, 1.807) is 13.0 Å². The van der Waals surface area contributed by atoms with E-state index in [0.29, 0.717) is 11.3 Å². The van der Waals surface area contributed by atoms with Gasteiger partial charge in [0.15, 0.2) is 0 Å². The van der Waals surface area contributed by atoms with Gasteiger partial charge in [-0.3, -0.25) is 9.10 Å². The highest BCUT2D eigenvalue weighted by Crippen LogP contribution is 2.35. The normalized spacial score (nSPS) is 11.1. The largest absolute Gasteiger partial charge is 0.495 e. The van der Waals surface area contributed by atoms with E-state index >= 15 is 0 Å². The average Bonchev–Trinajstić information content (AvgIpc) is 2.55. The number of halogens is 1. The van der Waals surface area contributed by atoms with E-state index in [1.807, 2.05) is 0 Å². The molecule has 0 aliphatic heterocycles. The van der Waals surface area contributed by atoms with Crippen LogP contribution in [0.1, 0.15) is 17.3 Å². The summed E-state index contributed by atoms with van der Waals surface area (Å²) in [6.07, 6.45) is 0. The summed E-state index contributed by atoms with van der Waals surface area (Å²) < 4.78 is 32.4. The van der Waals surface area contributed by atoms with Gasteiger partial charge in [0.25, 0.3) is 10.0 Å². The van der Waals surface area contributed by atoms with E-state index in [-0.39, 0.29) is 22.2 Å². The van der Waals surface area contributed by atoms with Crippen molar-refractivity contribution in [2.75, 3.05) is 18.0 Å². The third kappa shape index (κ3) is 3.32. The fraction of sp³-hybridized carbons (Fsp3) is 0.188. The van der Waals surface area contributed by atoms with Crippen LogP contribution in [0.25, 0.3) is 0 Å². The van der Waals surface area contributed by atoms with Crippen molar-refractivity contribution < 1.29 is 17.9 Å². The maximum Gasteiger partial charge on any atom is 0.269 e. The lowest BCUT2D eigenvalue weighted by molar-refractivity contribution is 0.100. The Morgan fingerprint density at radius 1 is 1.21 bits per heavy atom. The maximum absolute atomic E-state index is 13.1. The molecule has 24 heavy (non-hydrogen) atoms. The summed E-state index contributed by atoms with van der Waals surface area (Å²) in [5.74, 6) is -0.421. The van der Waals surface area contributed by atoms with Gasteiger partial charge in [-0.05, 0) is 43.3 Å². The molecule has 0 aliphatic rings. The molecule has 1 amide bonds. The number of ether oxygens (including phenoxy) is 1. The molecule has 6 nitrogen and oxygen atoms in total. The standard InChI is InChI=1S/C16H17ClN2O4S/c1-3-19(12-9-7-11(8-10-12)16(18)20)24(21,22)15-13(17)5-4-6-14(15)23-2/h4-10H,3H2,1-2H3,(H2,18,20). The third-order valence-electron chi connectivity index (χ3n) is 3.43. The lowest BCUT2D eigenvalue weighted by atomic mass is 10.2. The number of carbonyl (C=O) groups excluding carboxylic acids is 1. The summed E-state index contributed by atoms with van der Waals surface area (Å²) in [7, 11) is -2.57. The molecule has 0 saturated carbocycles. The maximum atomic E-state index is 13.1. The number of nitrogens with two attached hydrogens (primary N) is 1. The lowest BCUT2D eigenvalue weighted by Crippen LogP contribution is -2.31. The van der Waals surface area contributed by atoms with Gasteiger partial charge in [0, 0.05) is 12.1 Å². The summed E-state index contributed by atoms with van der Waals surface area (Å²) in [5, 5.41) is 0.0709. The van der Waals surface area contributed by atoms with Crippen molar-refractivity contribution in [1.29, 1.82) is 0 Å². The predicted octanol–water partition coefficient (Wildman–Crippen LogP) is 2.66. The van der Waals surface area contributed by atoms with Gasteiger partial charge in [0.2, 0.25) is 5.91 Å². The molecule has 0 radical (unpaired) electrons. The van der Waals surface area contributed by atoms with Gasteiger partial charge < -0.3 is 10.5 Å². The Hall–Kier alpha value is -2.25. The van der Waals surface area contributed by atoms with Gasteiger partial charge in [0.1, 0.15) is 10.6 Å². The number of nitrogens with zero attached hydrogens (tertiary/aromatic N) is 1. The van der Waals surface area contributed by atoms with Crippen molar-refractivity contribution in [3.8, 4) is 5.75 Å². The van der Waals surface area contributed by atoms with Crippen molar-refractivity contribution in [2.45, 2.75) is 11.8 Å². The SMILES string of the molecule is CCN(c1ccc(C(N)=O)cc1)S(=O)(=O)c1c(Cl)cccc1OC. The van der Waals surface area contributed by atoms with Crippen LogP contribution in [0.15, 0.2) is 47.4 Å². The Bertz CT molecular complexity index is 851. The molecule has 0 saturated heterocycles. The van der Waals surface area contributed by atoms with E-state index in [1.165, 1.54) is 47.8 Å². The van der Waals surface area contributed by atoms with Crippen LogP contribution >= 0.6 is 11.6 Å². The topological polar surface area (TPSA) is 89.7 Å². The molecular formula is C16H17ClN2O4S. The number of methoxy groups -OCH3 is 1. The van der Waals surface area contributed by atoms with Gasteiger partial charge in [-0.2, -0.15) is 0 Å². The summed E-state index contributed by atoms with van der Waals surface area (Å²) in [4.78, 5) is 11.1. The van der Waals surface area contributed by atoms with Crippen molar-refractivity contribution in [1.82, 2.24) is 0 Å². The number of primary amides is 1. The monoisotopic (exact) mass is 368 g/mol. The Morgan fingerprint density at radius 3 is 2.33 bits per heavy atom. The molecule has 0 aromatic heterocycles. The van der Waals surface area contributed by atoms with E-state index in [2.05, 4.69) is 0 Å². The van der Waals surface area contributed by atoms with Crippen LogP contribution in [0, 0.1) is 0 Å². The first-order valence-electron chi connectivity index (χ1n) is 7.08. The zero-order chi connectivity index (χ0) is 17.9. The molecule has 2 aromatic carbocycles. The number of sulfonamides is 1. The number of benzene rings is 2. The summed E-state index contributed by atoms with van der Waals surface area (Å²) in [5.41, 5.74) is 5.89. The van der Waals surface area contributed by atoms with Gasteiger partial charge >= 0.3 is 0 Å². The van der Waals surface area contributed by atoms with Crippen LogP contribution in [-0.2, 0) is 10.0 Å². The molecule has 128 valence electrons. The van der Waals surface area contributed by atoms with Crippen LogP contribution in [0.4, 0.5) is 5.69 Å². The Balaban J connectivity index is 2.55. The first kappa shape index (κ1) is 18.1. The molecule has 0 heterocycles. The van der Waals surface area contributed by atoms with Crippen molar-refractivity contribution in [3.63, 3.8) is 0 Å². The highest BCUT2D eigenvalue weighted by molar-refractivity contribution is 7.93. The van der Waals surface area contributed by atoms with E-state index in [0.717, 1.165) is 0 Å². The van der Waals surface area contributed by atoms with Crippen molar-refractivity contribution in [2.24, 2.45) is 5.73 Å². The molecule has 0 fully saturated rings. The number of hydrogen-bond acceptors (Lipinski definition) is 4. The quantitative estimate of drug-likeness (QED) is 0.848. The fourth-order valence-electron chi connectivity index (χ4n) is 2.29. The highest BCUT2D eigenvalue weighted by Gasteiger charge is 2.29. The highest BCUT2D eigenvalue weighted by atomic mass is 35.5. The smallest absolute Gasteiger partial charge is 0.269 e. The molecule has 0 aliphatic carbocycles. The molecule has 2 aromatic rings. The average molecular weight is 369 g/mol. The summed E-state index contributed by atoms with van der Waals surface area (Å²) >= 11 is 6.10. The number of hydrogen-bond donors (Lipinski definition) is 1. The molecule has 0 atom stereocenters. The molecule has 0 bridgehead atoms. The predicted molar refractivity (Wildman–Crippen MR) is 93.2 cm³/mol. The second-order valence-electron chi connectivity index (χ2n) is 4.85. The summed E-state index contributed by atoms with van der Waals surface area (Å²) in [6, 6.07) is 10.6. The van der Waals surface area contributed by atoms with Crippen LogP contribution in [0.2, 0.25) is 5.02 Å². The second kappa shape index (κ2) is 7.11. The van der Waals surface area contributed by atoms with Gasteiger partial charge in [0.05, 0.1) is 17.8 Å². The Morgan fingerprint density at radius 2 is 1.83 bits per heavy atom. The van der Waals surface area contributed by atoms with E-state index in [9.17, 15) is 13.2 Å². The Kier molecular flexibility index (Phi) is 5.36. The van der Waals surface area contributed by atoms with E-state index < -0.39 is 15.9 Å². The van der Waals surface area contributed by atoms with Crippen LogP contribution in [0.5, 0.6) is 5.75 Å². The number of rotatable bonds is 6. The fourth-order valence-corrected chi connectivity index (χ4v) is 4.43. The second-order valence-corrected chi connectivity index (χ2v) is 7.06. The van der Waals surface area contributed by atoms with Gasteiger partial charge in [-0.25, -0.2) is 8.42 Å². The molecule has 2 N–H and O–H groups in total. The number of carbonyl (C=O) groups is 1. The van der Waals surface area contributed by atoms with Crippen molar-refractivity contribution >= 4 is 33.2 Å². The van der Waals surface area contributed by atoms with Gasteiger partial charge in [-0.15, -0.1) is 0 Å². The van der Waals surface area contributed by atoms with Gasteiger partial charge in [-0.1, -0.05) is 17.7 Å². The molecule has 0 unspecified atom stereocenters. The van der Waals surface area contributed by atoms with E-state index in [4.69, 9.17) is 22.1 Å². The molecule has 8 heteroatoms. The number of anilines is 1. The molecular weight excluding hydrogens is 352 g/mol.